The van der Waals surface area contributed by atoms with E-state index in [1.807, 2.05) is 32.1 Å². The summed E-state index contributed by atoms with van der Waals surface area (Å²) in [5, 5.41) is 9.44. The van der Waals surface area contributed by atoms with E-state index in [-0.39, 0.29) is 29.7 Å². The molecule has 0 saturated heterocycles. The van der Waals surface area contributed by atoms with Gasteiger partial charge >= 0.3 is 0 Å². The van der Waals surface area contributed by atoms with Crippen LogP contribution in [-0.2, 0) is 0 Å². The maximum Gasteiger partial charge on any atom is 0.170 e. The summed E-state index contributed by atoms with van der Waals surface area (Å²) in [7, 11) is 0. The maximum atomic E-state index is 12.6. The molecule has 1 atom stereocenters. The van der Waals surface area contributed by atoms with Crippen molar-refractivity contribution in [3.63, 3.8) is 0 Å². The van der Waals surface area contributed by atoms with E-state index < -0.39 is 0 Å². The van der Waals surface area contributed by atoms with Crippen LogP contribution in [0.2, 0.25) is 0 Å². The quantitative estimate of drug-likeness (QED) is 0.851. The highest BCUT2D eigenvalue weighted by atomic mass is 16.5. The van der Waals surface area contributed by atoms with Crippen molar-refractivity contribution >= 4 is 11.9 Å². The molecule has 0 aromatic heterocycles. The number of Topliss-reactive ketones (excluding diaryl/α,β-unsaturated/α-hetero) is 1. The van der Waals surface area contributed by atoms with Crippen LogP contribution in [0.15, 0.2) is 42.5 Å². The number of phenols is 1. The van der Waals surface area contributed by atoms with Crippen LogP contribution in [0.5, 0.6) is 17.2 Å². The van der Waals surface area contributed by atoms with Crippen molar-refractivity contribution < 1.29 is 19.4 Å². The highest BCUT2D eigenvalue weighted by molar-refractivity contribution is 6.01. The monoisotopic (exact) mass is 322 g/mol. The van der Waals surface area contributed by atoms with Gasteiger partial charge in [-0.2, -0.15) is 0 Å². The van der Waals surface area contributed by atoms with Crippen LogP contribution >= 0.6 is 0 Å². The normalized spacial score (nSPS) is 20.6. The molecule has 2 aromatic carbocycles. The maximum absolute atomic E-state index is 12.6. The number of hydrogen-bond acceptors (Lipinski definition) is 4. The summed E-state index contributed by atoms with van der Waals surface area (Å²) in [4.78, 5) is 12.6. The predicted octanol–water partition coefficient (Wildman–Crippen LogP) is 4.28. The Kier molecular flexibility index (Phi) is 3.17. The van der Waals surface area contributed by atoms with E-state index in [0.29, 0.717) is 11.3 Å². The zero-order valence-electron chi connectivity index (χ0n) is 13.6. The molecule has 4 heteroatoms. The minimum absolute atomic E-state index is 0.0513. The van der Waals surface area contributed by atoms with E-state index in [1.165, 1.54) is 0 Å². The number of aromatic hydroxyl groups is 1. The summed E-state index contributed by atoms with van der Waals surface area (Å²) in [6.45, 7) is 3.97. The molecule has 0 aliphatic carbocycles. The van der Waals surface area contributed by atoms with Gasteiger partial charge in [0.15, 0.2) is 5.78 Å². The zero-order chi connectivity index (χ0) is 16.9. The Labute approximate surface area is 140 Å². The summed E-state index contributed by atoms with van der Waals surface area (Å²) in [6, 6.07) is 10.4. The second-order valence-corrected chi connectivity index (χ2v) is 6.72. The second-order valence-electron chi connectivity index (χ2n) is 6.72. The Morgan fingerprint density at radius 2 is 1.88 bits per heavy atom. The van der Waals surface area contributed by atoms with Gasteiger partial charge in [-0.1, -0.05) is 12.1 Å². The first-order valence-electron chi connectivity index (χ1n) is 7.97. The summed E-state index contributed by atoms with van der Waals surface area (Å²) >= 11 is 0. The first-order valence-corrected chi connectivity index (χ1v) is 7.97. The first-order chi connectivity index (χ1) is 11.4. The van der Waals surface area contributed by atoms with Gasteiger partial charge in [-0.3, -0.25) is 4.79 Å². The van der Waals surface area contributed by atoms with Crippen LogP contribution in [0.25, 0.3) is 6.08 Å². The van der Waals surface area contributed by atoms with Gasteiger partial charge in [-0.15, -0.1) is 0 Å². The molecule has 1 N–H and O–H groups in total. The number of phenolic OH excluding ortho intramolecular Hbond substituents is 1. The van der Waals surface area contributed by atoms with Gasteiger partial charge in [0.2, 0.25) is 0 Å². The number of carbonyl (C=O) groups excluding carboxylic acids is 1. The Hall–Kier alpha value is -2.75. The molecule has 0 saturated carbocycles. The lowest BCUT2D eigenvalue weighted by Gasteiger charge is -2.32. The first kappa shape index (κ1) is 14.8. The Bertz CT molecular complexity index is 847. The third kappa shape index (κ3) is 2.44. The topological polar surface area (TPSA) is 55.8 Å². The van der Waals surface area contributed by atoms with Crippen molar-refractivity contribution in [2.24, 2.45) is 0 Å². The average molecular weight is 322 g/mol. The van der Waals surface area contributed by atoms with Crippen molar-refractivity contribution in [3.8, 4) is 17.2 Å². The van der Waals surface area contributed by atoms with Gasteiger partial charge in [0.25, 0.3) is 0 Å². The number of carbonyl (C=O) groups is 1. The SMILES string of the molecule is CC1(C)C=Cc2c(ccc3c2OC(c2ccc(O)cc2)CC3=O)O1. The molecule has 1 unspecified atom stereocenters. The number of rotatable bonds is 1. The van der Waals surface area contributed by atoms with Crippen LogP contribution in [0.3, 0.4) is 0 Å². The summed E-state index contributed by atoms with van der Waals surface area (Å²) in [5.74, 6) is 1.54. The van der Waals surface area contributed by atoms with E-state index in [1.54, 1.807) is 30.3 Å². The van der Waals surface area contributed by atoms with Crippen molar-refractivity contribution in [1.29, 1.82) is 0 Å². The fourth-order valence-corrected chi connectivity index (χ4v) is 3.11. The van der Waals surface area contributed by atoms with Crippen molar-refractivity contribution in [2.45, 2.75) is 32.0 Å². The minimum Gasteiger partial charge on any atom is -0.508 e. The van der Waals surface area contributed by atoms with Crippen LogP contribution in [-0.4, -0.2) is 16.5 Å². The van der Waals surface area contributed by atoms with Gasteiger partial charge in [0.1, 0.15) is 29.0 Å². The standard InChI is InChI=1S/C20H18O4/c1-20(2)10-9-15-17(24-20)8-7-14-16(22)11-18(23-19(14)15)12-3-5-13(21)6-4-12/h3-10,18,21H,11H2,1-2H3. The van der Waals surface area contributed by atoms with Crippen LogP contribution in [0, 0.1) is 0 Å². The molecule has 2 aliphatic rings. The number of fused-ring (bicyclic) bond motifs is 3. The average Bonchev–Trinajstić information content (AvgIpc) is 2.54. The highest BCUT2D eigenvalue weighted by Gasteiger charge is 2.32. The number of ether oxygens (including phenoxy) is 2. The molecular weight excluding hydrogens is 304 g/mol. The fraction of sp³-hybridized carbons (Fsp3) is 0.250. The Morgan fingerprint density at radius 1 is 1.12 bits per heavy atom. The van der Waals surface area contributed by atoms with Crippen LogP contribution in [0.4, 0.5) is 0 Å². The van der Waals surface area contributed by atoms with Crippen molar-refractivity contribution in [3.05, 3.63) is 59.2 Å². The minimum atomic E-state index is -0.379. The molecule has 2 aliphatic heterocycles. The number of ketones is 1. The molecule has 4 nitrogen and oxygen atoms in total. The molecule has 24 heavy (non-hydrogen) atoms. The van der Waals surface area contributed by atoms with Crippen LogP contribution in [0.1, 0.15) is 47.9 Å². The summed E-state index contributed by atoms with van der Waals surface area (Å²) in [5.41, 5.74) is 1.89. The van der Waals surface area contributed by atoms with Crippen molar-refractivity contribution in [1.82, 2.24) is 0 Å². The van der Waals surface area contributed by atoms with E-state index in [2.05, 4.69) is 0 Å². The van der Waals surface area contributed by atoms with Gasteiger partial charge in [0, 0.05) is 0 Å². The van der Waals surface area contributed by atoms with E-state index >= 15 is 0 Å². The Morgan fingerprint density at radius 3 is 2.62 bits per heavy atom. The lowest BCUT2D eigenvalue weighted by atomic mass is 9.92. The molecule has 4 rings (SSSR count). The van der Waals surface area contributed by atoms with Gasteiger partial charge in [0.05, 0.1) is 17.5 Å². The lowest BCUT2D eigenvalue weighted by molar-refractivity contribution is 0.0846. The molecule has 122 valence electrons. The molecule has 2 aromatic rings. The van der Waals surface area contributed by atoms with Crippen molar-refractivity contribution in [2.75, 3.05) is 0 Å². The Balaban J connectivity index is 1.76. The third-order valence-electron chi connectivity index (χ3n) is 4.38. The smallest absolute Gasteiger partial charge is 0.170 e. The summed E-state index contributed by atoms with van der Waals surface area (Å²) in [6.07, 6.45) is 3.85. The van der Waals surface area contributed by atoms with Gasteiger partial charge < -0.3 is 14.6 Å². The fourth-order valence-electron chi connectivity index (χ4n) is 3.11. The third-order valence-corrected chi connectivity index (χ3v) is 4.38. The van der Waals surface area contributed by atoms with E-state index in [4.69, 9.17) is 9.47 Å². The molecule has 0 spiro atoms. The van der Waals surface area contributed by atoms with Crippen LogP contribution < -0.4 is 9.47 Å². The lowest BCUT2D eigenvalue weighted by Crippen LogP contribution is -2.28. The molecule has 0 radical (unpaired) electrons. The predicted molar refractivity (Wildman–Crippen MR) is 90.6 cm³/mol. The number of benzene rings is 2. The van der Waals surface area contributed by atoms with E-state index in [9.17, 15) is 9.90 Å². The van der Waals surface area contributed by atoms with Gasteiger partial charge in [-0.25, -0.2) is 0 Å². The zero-order valence-corrected chi connectivity index (χ0v) is 13.6. The number of hydrogen-bond donors (Lipinski definition) is 1. The highest BCUT2D eigenvalue weighted by Crippen LogP contribution is 2.44. The van der Waals surface area contributed by atoms with E-state index in [0.717, 1.165) is 16.9 Å². The molecule has 0 bridgehead atoms. The molecule has 0 fully saturated rings. The molecule has 0 amide bonds. The molecule has 2 heterocycles. The second kappa shape index (κ2) is 5.13. The van der Waals surface area contributed by atoms with Gasteiger partial charge in [-0.05, 0) is 55.8 Å². The summed E-state index contributed by atoms with van der Waals surface area (Å²) < 4.78 is 12.1. The molecular formula is C20H18O4. The largest absolute Gasteiger partial charge is 0.508 e.